The van der Waals surface area contributed by atoms with Crippen LogP contribution in [0.15, 0.2) is 24.3 Å². The first kappa shape index (κ1) is 17.7. The average Bonchev–Trinajstić information content (AvgIpc) is 3.12. The second-order valence-electron chi connectivity index (χ2n) is 6.78. The van der Waals surface area contributed by atoms with Gasteiger partial charge in [0.15, 0.2) is 0 Å². The highest BCUT2D eigenvalue weighted by Gasteiger charge is 2.36. The average molecular weight is 345 g/mol. The molecule has 0 unspecified atom stereocenters. The third kappa shape index (κ3) is 3.95. The first-order valence-corrected chi connectivity index (χ1v) is 9.17. The summed E-state index contributed by atoms with van der Waals surface area (Å²) in [5.74, 6) is 0.557. The predicted octanol–water partition coefficient (Wildman–Crippen LogP) is 1.64. The Kier molecular flexibility index (Phi) is 5.58. The molecule has 0 aromatic heterocycles. The number of hydrogen-bond donors (Lipinski definition) is 1. The molecule has 0 bridgehead atoms. The van der Waals surface area contributed by atoms with Gasteiger partial charge in [0.2, 0.25) is 5.91 Å². The van der Waals surface area contributed by atoms with Gasteiger partial charge in [-0.1, -0.05) is 6.07 Å². The van der Waals surface area contributed by atoms with E-state index in [1.165, 1.54) is 0 Å². The molecule has 0 saturated carbocycles. The zero-order valence-electron chi connectivity index (χ0n) is 14.8. The van der Waals surface area contributed by atoms with Crippen molar-refractivity contribution in [1.29, 1.82) is 0 Å². The Hall–Kier alpha value is -2.08. The number of nitrogens with zero attached hydrogens (tertiary/aromatic N) is 2. The van der Waals surface area contributed by atoms with Crippen LogP contribution in [-0.4, -0.2) is 59.9 Å². The summed E-state index contributed by atoms with van der Waals surface area (Å²) in [6, 6.07) is 7.58. The van der Waals surface area contributed by atoms with Crippen LogP contribution < -0.4 is 10.5 Å². The van der Waals surface area contributed by atoms with Crippen molar-refractivity contribution >= 4 is 11.8 Å². The van der Waals surface area contributed by atoms with E-state index in [1.54, 1.807) is 0 Å². The van der Waals surface area contributed by atoms with Gasteiger partial charge in [0, 0.05) is 24.7 Å². The third-order valence-electron chi connectivity index (χ3n) is 5.24. The number of rotatable bonds is 5. The molecule has 2 aliphatic heterocycles. The molecule has 0 radical (unpaired) electrons. The smallest absolute Gasteiger partial charge is 0.253 e. The Morgan fingerprint density at radius 2 is 1.96 bits per heavy atom. The van der Waals surface area contributed by atoms with E-state index in [9.17, 15) is 9.59 Å². The largest absolute Gasteiger partial charge is 0.494 e. The van der Waals surface area contributed by atoms with Gasteiger partial charge in [-0.3, -0.25) is 14.5 Å². The molecule has 2 amide bonds. The lowest BCUT2D eigenvalue weighted by atomic mass is 10.0. The van der Waals surface area contributed by atoms with Gasteiger partial charge in [-0.25, -0.2) is 0 Å². The van der Waals surface area contributed by atoms with Crippen molar-refractivity contribution in [2.75, 3.05) is 26.2 Å². The minimum Gasteiger partial charge on any atom is -0.494 e. The van der Waals surface area contributed by atoms with Gasteiger partial charge >= 0.3 is 0 Å². The van der Waals surface area contributed by atoms with Gasteiger partial charge < -0.3 is 15.4 Å². The zero-order valence-corrected chi connectivity index (χ0v) is 14.8. The second-order valence-corrected chi connectivity index (χ2v) is 6.78. The number of primary amides is 1. The van der Waals surface area contributed by atoms with Crippen LogP contribution in [0.4, 0.5) is 0 Å². The van der Waals surface area contributed by atoms with Gasteiger partial charge in [-0.2, -0.15) is 0 Å². The lowest BCUT2D eigenvalue weighted by Gasteiger charge is -2.38. The van der Waals surface area contributed by atoms with E-state index >= 15 is 0 Å². The van der Waals surface area contributed by atoms with Crippen molar-refractivity contribution < 1.29 is 14.3 Å². The summed E-state index contributed by atoms with van der Waals surface area (Å²) in [5.41, 5.74) is 6.20. The molecule has 0 aliphatic carbocycles. The van der Waals surface area contributed by atoms with Gasteiger partial charge in [0.05, 0.1) is 12.6 Å². The Morgan fingerprint density at radius 1 is 1.20 bits per heavy atom. The first-order valence-electron chi connectivity index (χ1n) is 9.17. The number of nitrogens with two attached hydrogens (primary N) is 1. The molecule has 1 aromatic carbocycles. The number of hydrogen-bond acceptors (Lipinski definition) is 4. The lowest BCUT2D eigenvalue weighted by Crippen LogP contribution is -2.51. The van der Waals surface area contributed by atoms with Crippen molar-refractivity contribution in [2.45, 2.75) is 44.7 Å². The number of amides is 2. The number of ether oxygens (including phenoxy) is 1. The summed E-state index contributed by atoms with van der Waals surface area (Å²) >= 11 is 0. The van der Waals surface area contributed by atoms with Crippen molar-refractivity contribution in [1.82, 2.24) is 9.80 Å². The fourth-order valence-electron chi connectivity index (χ4n) is 4.00. The fraction of sp³-hybridized carbons (Fsp3) is 0.579. The topological polar surface area (TPSA) is 75.9 Å². The van der Waals surface area contributed by atoms with E-state index in [1.807, 2.05) is 36.1 Å². The molecule has 25 heavy (non-hydrogen) atoms. The molecule has 2 heterocycles. The van der Waals surface area contributed by atoms with Crippen LogP contribution in [0.3, 0.4) is 0 Å². The highest BCUT2D eigenvalue weighted by Crippen LogP contribution is 2.26. The number of benzene rings is 1. The summed E-state index contributed by atoms with van der Waals surface area (Å²) in [4.78, 5) is 28.5. The van der Waals surface area contributed by atoms with Crippen molar-refractivity contribution in [3.63, 3.8) is 0 Å². The summed E-state index contributed by atoms with van der Waals surface area (Å²) in [5, 5.41) is 0. The van der Waals surface area contributed by atoms with Crippen LogP contribution in [0.5, 0.6) is 5.75 Å². The summed E-state index contributed by atoms with van der Waals surface area (Å²) in [6.45, 7) is 4.87. The van der Waals surface area contributed by atoms with Crippen LogP contribution in [0, 0.1) is 0 Å². The number of likely N-dealkylation sites (tertiary alicyclic amines) is 2. The Morgan fingerprint density at radius 3 is 2.64 bits per heavy atom. The molecule has 2 aliphatic rings. The van der Waals surface area contributed by atoms with E-state index in [0.29, 0.717) is 31.3 Å². The molecule has 6 nitrogen and oxygen atoms in total. The van der Waals surface area contributed by atoms with E-state index in [0.717, 1.165) is 38.0 Å². The molecule has 0 spiro atoms. The van der Waals surface area contributed by atoms with Crippen LogP contribution in [-0.2, 0) is 4.79 Å². The minimum atomic E-state index is -0.219. The maximum Gasteiger partial charge on any atom is 0.253 e. The van der Waals surface area contributed by atoms with Gasteiger partial charge in [0.25, 0.3) is 5.91 Å². The molecule has 136 valence electrons. The van der Waals surface area contributed by atoms with Crippen LogP contribution in [0.1, 0.15) is 43.0 Å². The number of carbonyl (C=O) groups excluding carboxylic acids is 2. The standard InChI is InChI=1S/C19H27N3O3/c1-2-25-16-6-3-5-14(13-16)19(24)21-11-8-15(9-12-21)22-10-4-7-17(22)18(20)23/h3,5-6,13,15,17H,2,4,7-12H2,1H3,(H2,20,23)/t17-/m1/s1. The summed E-state index contributed by atoms with van der Waals surface area (Å²) in [6.07, 6.45) is 3.66. The molecule has 1 atom stereocenters. The third-order valence-corrected chi connectivity index (χ3v) is 5.24. The molecule has 2 N–H and O–H groups in total. The summed E-state index contributed by atoms with van der Waals surface area (Å²) < 4.78 is 5.48. The zero-order chi connectivity index (χ0) is 17.8. The SMILES string of the molecule is CCOc1cccc(C(=O)N2CCC(N3CCC[C@@H]3C(N)=O)CC2)c1. The highest BCUT2D eigenvalue weighted by molar-refractivity contribution is 5.94. The molecule has 3 rings (SSSR count). The van der Waals surface area contributed by atoms with E-state index < -0.39 is 0 Å². The minimum absolute atomic E-state index is 0.0490. The maximum atomic E-state index is 12.7. The van der Waals surface area contributed by atoms with E-state index in [4.69, 9.17) is 10.5 Å². The van der Waals surface area contributed by atoms with E-state index in [2.05, 4.69) is 4.90 Å². The molecule has 1 aromatic rings. The Labute approximate surface area is 148 Å². The summed E-state index contributed by atoms with van der Waals surface area (Å²) in [7, 11) is 0. The number of carbonyl (C=O) groups is 2. The van der Waals surface area contributed by atoms with Gasteiger partial charge in [0.1, 0.15) is 5.75 Å². The van der Waals surface area contributed by atoms with Crippen molar-refractivity contribution in [3.8, 4) is 5.75 Å². The molecule has 2 fully saturated rings. The van der Waals surface area contributed by atoms with Crippen molar-refractivity contribution in [3.05, 3.63) is 29.8 Å². The van der Waals surface area contributed by atoms with E-state index in [-0.39, 0.29) is 17.9 Å². The van der Waals surface area contributed by atoms with Crippen LogP contribution in [0.2, 0.25) is 0 Å². The molecule has 6 heteroatoms. The Balaban J connectivity index is 1.59. The molecule has 2 saturated heterocycles. The Bertz CT molecular complexity index is 626. The lowest BCUT2D eigenvalue weighted by molar-refractivity contribution is -0.123. The monoisotopic (exact) mass is 345 g/mol. The predicted molar refractivity (Wildman–Crippen MR) is 95.5 cm³/mol. The highest BCUT2D eigenvalue weighted by atomic mass is 16.5. The van der Waals surface area contributed by atoms with Gasteiger partial charge in [-0.15, -0.1) is 0 Å². The first-order chi connectivity index (χ1) is 12.1. The quantitative estimate of drug-likeness (QED) is 0.880. The van der Waals surface area contributed by atoms with Crippen LogP contribution >= 0.6 is 0 Å². The van der Waals surface area contributed by atoms with Crippen molar-refractivity contribution in [2.24, 2.45) is 5.73 Å². The second kappa shape index (κ2) is 7.87. The maximum absolute atomic E-state index is 12.7. The van der Waals surface area contributed by atoms with Crippen LogP contribution in [0.25, 0.3) is 0 Å². The molecular formula is C19H27N3O3. The fourth-order valence-corrected chi connectivity index (χ4v) is 4.00. The van der Waals surface area contributed by atoms with Gasteiger partial charge in [-0.05, 0) is 57.4 Å². The normalized spacial score (nSPS) is 22.1. The molecular weight excluding hydrogens is 318 g/mol. The number of piperidine rings is 1.